The third-order valence-electron chi connectivity index (χ3n) is 6.83. The number of aliphatic hydroxyl groups is 1. The molecule has 0 saturated heterocycles. The van der Waals surface area contributed by atoms with Gasteiger partial charge in [-0.25, -0.2) is 0 Å². The van der Waals surface area contributed by atoms with E-state index >= 15 is 0 Å². The number of fused-ring (bicyclic) bond motifs is 1. The molecule has 0 radical (unpaired) electrons. The van der Waals surface area contributed by atoms with Crippen LogP contribution in [0, 0.1) is 5.92 Å². The van der Waals surface area contributed by atoms with Gasteiger partial charge in [-0.2, -0.15) is 9.97 Å². The fraction of sp³-hybridized carbons (Fsp3) is 0.538. The summed E-state index contributed by atoms with van der Waals surface area (Å²) < 4.78 is 11.2. The first-order valence-electron chi connectivity index (χ1n) is 12.4. The Bertz CT molecular complexity index is 1090. The molecule has 10 nitrogen and oxygen atoms in total. The largest absolute Gasteiger partial charge is 0.481 e. The first-order valence-corrected chi connectivity index (χ1v) is 12.4. The fourth-order valence-corrected chi connectivity index (χ4v) is 4.79. The van der Waals surface area contributed by atoms with Crippen LogP contribution in [0.25, 0.3) is 0 Å². The van der Waals surface area contributed by atoms with E-state index in [-0.39, 0.29) is 54.7 Å². The van der Waals surface area contributed by atoms with Crippen molar-refractivity contribution >= 4 is 23.4 Å². The second-order valence-corrected chi connectivity index (χ2v) is 10.2. The molecule has 2 aromatic rings. The minimum Gasteiger partial charge on any atom is -0.481 e. The first kappa shape index (κ1) is 25.7. The molecule has 4 N–H and O–H groups in total. The molecule has 10 heteroatoms. The van der Waals surface area contributed by atoms with Crippen molar-refractivity contribution in [2.75, 3.05) is 30.4 Å². The quantitative estimate of drug-likeness (QED) is 0.498. The number of carboxylic acid groups (broad SMARTS) is 1. The molecule has 1 fully saturated rings. The Morgan fingerprint density at radius 3 is 2.53 bits per heavy atom. The number of carboxylic acids is 1. The summed E-state index contributed by atoms with van der Waals surface area (Å²) in [5, 5.41) is 18.9. The highest BCUT2D eigenvalue weighted by atomic mass is 16.5. The Morgan fingerprint density at radius 2 is 1.89 bits per heavy atom. The molecule has 0 spiro atoms. The van der Waals surface area contributed by atoms with E-state index in [1.54, 1.807) is 18.7 Å². The zero-order valence-electron chi connectivity index (χ0n) is 20.8. The van der Waals surface area contributed by atoms with Crippen molar-refractivity contribution in [3.8, 4) is 11.9 Å². The fourth-order valence-electron chi connectivity index (χ4n) is 4.79. The standard InChI is InChI=1S/C26H34N4O6/c1-26(2,34)11-13-36-25-28-22(27)21-23(29-25)35-14-12-30(24(21)33)19-9-7-18(8-10-19)17-5-3-16(4-6-17)15-20(31)32/h7-10,16-17,34H,3-6,11-15H2,1-2H3,(H,31,32)(H2,27,28,29). The average Bonchev–Trinajstić information content (AvgIpc) is 2.97. The molecule has 1 aromatic carbocycles. The van der Waals surface area contributed by atoms with Gasteiger partial charge in [-0.3, -0.25) is 9.59 Å². The number of amides is 1. The lowest BCUT2D eigenvalue weighted by atomic mass is 9.77. The van der Waals surface area contributed by atoms with Gasteiger partial charge in [-0.05, 0) is 69.1 Å². The van der Waals surface area contributed by atoms with Crippen molar-refractivity contribution in [2.24, 2.45) is 5.92 Å². The molecule has 0 bridgehead atoms. The number of carbonyl (C=O) groups excluding carboxylic acids is 1. The predicted octanol–water partition coefficient (Wildman–Crippen LogP) is 3.39. The molecule has 1 saturated carbocycles. The van der Waals surface area contributed by atoms with Crippen LogP contribution in [-0.2, 0) is 4.79 Å². The summed E-state index contributed by atoms with van der Waals surface area (Å²) in [5.41, 5.74) is 7.25. The Labute approximate surface area is 210 Å². The van der Waals surface area contributed by atoms with Crippen molar-refractivity contribution in [2.45, 2.75) is 63.9 Å². The van der Waals surface area contributed by atoms with Gasteiger partial charge in [0.25, 0.3) is 5.91 Å². The van der Waals surface area contributed by atoms with Crippen molar-refractivity contribution < 1.29 is 29.3 Å². The highest BCUT2D eigenvalue weighted by Gasteiger charge is 2.30. The van der Waals surface area contributed by atoms with E-state index in [4.69, 9.17) is 20.3 Å². The van der Waals surface area contributed by atoms with Crippen molar-refractivity contribution in [1.29, 1.82) is 0 Å². The molecule has 1 aliphatic heterocycles. The topological polar surface area (TPSA) is 148 Å². The van der Waals surface area contributed by atoms with Gasteiger partial charge in [0.2, 0.25) is 5.88 Å². The summed E-state index contributed by atoms with van der Waals surface area (Å²) in [6.07, 6.45) is 4.39. The highest BCUT2D eigenvalue weighted by Crippen LogP contribution is 2.38. The van der Waals surface area contributed by atoms with Crippen LogP contribution in [0.1, 0.15) is 74.2 Å². The van der Waals surface area contributed by atoms with E-state index in [2.05, 4.69) is 9.97 Å². The maximum absolute atomic E-state index is 13.4. The van der Waals surface area contributed by atoms with Gasteiger partial charge in [0.15, 0.2) is 0 Å². The van der Waals surface area contributed by atoms with E-state index in [1.165, 1.54) is 5.56 Å². The molecule has 36 heavy (non-hydrogen) atoms. The van der Waals surface area contributed by atoms with E-state index < -0.39 is 11.6 Å². The Balaban J connectivity index is 1.44. The summed E-state index contributed by atoms with van der Waals surface area (Å²) in [6.45, 7) is 4.10. The third kappa shape index (κ3) is 6.23. The molecular weight excluding hydrogens is 464 g/mol. The number of hydrogen-bond acceptors (Lipinski definition) is 8. The van der Waals surface area contributed by atoms with Crippen LogP contribution >= 0.6 is 0 Å². The number of rotatable bonds is 8. The number of carbonyl (C=O) groups is 2. The van der Waals surface area contributed by atoms with Crippen LogP contribution in [0.2, 0.25) is 0 Å². The van der Waals surface area contributed by atoms with Crippen molar-refractivity contribution in [3.05, 3.63) is 35.4 Å². The van der Waals surface area contributed by atoms with E-state index in [0.717, 1.165) is 31.4 Å². The van der Waals surface area contributed by atoms with E-state index in [1.807, 2.05) is 24.3 Å². The number of benzene rings is 1. The zero-order valence-corrected chi connectivity index (χ0v) is 20.8. The van der Waals surface area contributed by atoms with Gasteiger partial charge < -0.3 is 30.3 Å². The van der Waals surface area contributed by atoms with Crippen LogP contribution < -0.4 is 20.1 Å². The number of nitrogen functional groups attached to an aromatic ring is 1. The molecule has 1 amide bonds. The van der Waals surface area contributed by atoms with Crippen molar-refractivity contribution in [3.63, 3.8) is 0 Å². The lowest BCUT2D eigenvalue weighted by molar-refractivity contribution is -0.138. The maximum atomic E-state index is 13.4. The molecule has 2 heterocycles. The van der Waals surface area contributed by atoms with Gasteiger partial charge in [0, 0.05) is 18.5 Å². The maximum Gasteiger partial charge on any atom is 0.321 e. The number of aliphatic carboxylic acids is 1. The second-order valence-electron chi connectivity index (χ2n) is 10.2. The van der Waals surface area contributed by atoms with Gasteiger partial charge in [-0.15, -0.1) is 0 Å². The first-order chi connectivity index (χ1) is 17.1. The molecule has 1 aliphatic carbocycles. The minimum absolute atomic E-state index is 0.000760. The monoisotopic (exact) mass is 498 g/mol. The number of nitrogens with two attached hydrogens (primary N) is 1. The molecule has 4 rings (SSSR count). The highest BCUT2D eigenvalue weighted by molar-refractivity contribution is 6.10. The van der Waals surface area contributed by atoms with Crippen molar-refractivity contribution in [1.82, 2.24) is 9.97 Å². The third-order valence-corrected chi connectivity index (χ3v) is 6.83. The number of hydrogen-bond donors (Lipinski definition) is 3. The summed E-state index contributed by atoms with van der Waals surface area (Å²) >= 11 is 0. The van der Waals surface area contributed by atoms with E-state index in [0.29, 0.717) is 18.9 Å². The van der Waals surface area contributed by atoms with E-state index in [9.17, 15) is 14.7 Å². The van der Waals surface area contributed by atoms with Gasteiger partial charge in [0.1, 0.15) is 18.0 Å². The smallest absolute Gasteiger partial charge is 0.321 e. The number of aromatic nitrogens is 2. The predicted molar refractivity (Wildman–Crippen MR) is 133 cm³/mol. The van der Waals surface area contributed by atoms with Crippen LogP contribution in [0.4, 0.5) is 11.5 Å². The minimum atomic E-state index is -0.889. The van der Waals surface area contributed by atoms with Crippen LogP contribution in [0.3, 0.4) is 0 Å². The van der Waals surface area contributed by atoms with Crippen LogP contribution in [0.5, 0.6) is 11.9 Å². The lowest BCUT2D eigenvalue weighted by Gasteiger charge is -2.28. The van der Waals surface area contributed by atoms with Gasteiger partial charge in [-0.1, -0.05) is 12.1 Å². The van der Waals surface area contributed by atoms with Crippen LogP contribution in [-0.4, -0.2) is 57.4 Å². The normalized spacial score (nSPS) is 20.3. The number of anilines is 2. The Morgan fingerprint density at radius 1 is 1.19 bits per heavy atom. The summed E-state index contributed by atoms with van der Waals surface area (Å²) in [7, 11) is 0. The number of ether oxygens (including phenoxy) is 2. The lowest BCUT2D eigenvalue weighted by Crippen LogP contribution is -2.32. The molecule has 0 unspecified atom stereocenters. The zero-order chi connectivity index (χ0) is 25.9. The molecule has 194 valence electrons. The molecule has 1 aromatic heterocycles. The molecular formula is C26H34N4O6. The number of nitrogens with zero attached hydrogens (tertiary/aromatic N) is 3. The molecule has 2 aliphatic rings. The summed E-state index contributed by atoms with van der Waals surface area (Å²) in [6, 6.07) is 7.92. The average molecular weight is 499 g/mol. The SMILES string of the molecule is CC(C)(O)CCOc1nc(N)c2c(n1)OCCN(c1ccc(C3CCC(CC(=O)O)CC3)cc1)C2=O. The van der Waals surface area contributed by atoms with Gasteiger partial charge in [0.05, 0.1) is 18.8 Å². The summed E-state index contributed by atoms with van der Waals surface area (Å²) in [4.78, 5) is 34.3. The Hall–Kier alpha value is -3.40. The Kier molecular flexibility index (Phi) is 7.63. The molecule has 0 atom stereocenters. The second kappa shape index (κ2) is 10.7. The van der Waals surface area contributed by atoms with Crippen LogP contribution in [0.15, 0.2) is 24.3 Å². The summed E-state index contributed by atoms with van der Waals surface area (Å²) in [5.74, 6) is -0.353. The van der Waals surface area contributed by atoms with Gasteiger partial charge >= 0.3 is 12.0 Å².